The number of hydrogen-bond donors (Lipinski definition) is 3. The van der Waals surface area contributed by atoms with Crippen LogP contribution in [-0.2, 0) is 47.1 Å². The molecular weight excluding hydrogens is 448 g/mol. The predicted octanol–water partition coefficient (Wildman–Crippen LogP) is 0.867. The van der Waals surface area contributed by atoms with Gasteiger partial charge in [-0.3, -0.25) is 9.59 Å². The van der Waals surface area contributed by atoms with Crippen LogP contribution in [0, 0.1) is 5.82 Å². The molecule has 0 saturated carbocycles. The van der Waals surface area contributed by atoms with Gasteiger partial charge in [-0.1, -0.05) is 18.1 Å². The van der Waals surface area contributed by atoms with Gasteiger partial charge in [0.1, 0.15) is 11.9 Å². The van der Waals surface area contributed by atoms with Crippen molar-refractivity contribution in [1.82, 2.24) is 14.3 Å². The summed E-state index contributed by atoms with van der Waals surface area (Å²) in [6.07, 6.45) is 1.78. The van der Waals surface area contributed by atoms with Gasteiger partial charge in [-0.2, -0.15) is 0 Å². The Balaban J connectivity index is 0.00000312. The van der Waals surface area contributed by atoms with E-state index in [1.807, 2.05) is 0 Å². The standard InChI is InChI=1S/C14H15ClFN4O3S.Y/c1-20-12(7-11(19-24-20)13(22)17-4-5-21)14(23)18-8-2-3-10(16)9(15)6-8;/h2-3,6,11-12,19H,4,7H2,1H3,(H,17,22)(H,18,23);/q-1;. The number of anilines is 1. The van der Waals surface area contributed by atoms with E-state index in [9.17, 15) is 18.8 Å². The summed E-state index contributed by atoms with van der Waals surface area (Å²) >= 11 is 6.81. The van der Waals surface area contributed by atoms with E-state index in [1.165, 1.54) is 12.1 Å². The summed E-state index contributed by atoms with van der Waals surface area (Å²) in [5, 5.41) is 4.94. The molecule has 25 heavy (non-hydrogen) atoms. The van der Waals surface area contributed by atoms with Crippen LogP contribution < -0.4 is 15.4 Å². The van der Waals surface area contributed by atoms with Crippen LogP contribution >= 0.6 is 23.7 Å². The molecule has 0 bridgehead atoms. The Hall–Kier alpha value is -0.576. The average molecular weight is 463 g/mol. The summed E-state index contributed by atoms with van der Waals surface area (Å²) in [6, 6.07) is 2.64. The first-order chi connectivity index (χ1) is 11.4. The molecule has 2 unspecified atom stereocenters. The number of halogens is 2. The van der Waals surface area contributed by atoms with Crippen LogP contribution in [0.15, 0.2) is 18.2 Å². The molecule has 0 spiro atoms. The monoisotopic (exact) mass is 462 g/mol. The van der Waals surface area contributed by atoms with Gasteiger partial charge < -0.3 is 15.4 Å². The summed E-state index contributed by atoms with van der Waals surface area (Å²) in [6.45, 7) is -0.206. The van der Waals surface area contributed by atoms with Gasteiger partial charge in [0.2, 0.25) is 11.8 Å². The number of carbonyl (C=O) groups is 2. The summed E-state index contributed by atoms with van der Waals surface area (Å²) in [4.78, 5) is 34.5. The number of hydrogen-bond acceptors (Lipinski definition) is 6. The molecule has 1 radical (unpaired) electrons. The first-order valence-corrected chi connectivity index (χ1v) is 8.11. The average Bonchev–Trinajstić information content (AvgIpc) is 2.56. The molecule has 3 N–H and O–H groups in total. The smallest absolute Gasteiger partial charge is 0.242 e. The Bertz CT molecular complexity index is 655. The molecule has 1 fully saturated rings. The van der Waals surface area contributed by atoms with Crippen LogP contribution in [0.1, 0.15) is 6.42 Å². The molecule has 1 aliphatic heterocycles. The second-order valence-electron chi connectivity index (χ2n) is 5.04. The molecule has 0 aliphatic carbocycles. The molecule has 0 aromatic heterocycles. The van der Waals surface area contributed by atoms with Crippen molar-refractivity contribution in [2.75, 3.05) is 18.9 Å². The fraction of sp³-hybridized carbons (Fsp3) is 0.357. The Morgan fingerprint density at radius 3 is 2.84 bits per heavy atom. The second-order valence-corrected chi connectivity index (χ2v) is 6.44. The molecule has 133 valence electrons. The number of likely N-dealkylation sites (N-methyl/N-ethyl adjacent to an activating group) is 1. The van der Waals surface area contributed by atoms with Crippen molar-refractivity contribution in [3.05, 3.63) is 29.0 Å². The summed E-state index contributed by atoms with van der Waals surface area (Å²) in [5.41, 5.74) is 0.361. The quantitative estimate of drug-likeness (QED) is 0.444. The van der Waals surface area contributed by atoms with E-state index >= 15 is 0 Å². The van der Waals surface area contributed by atoms with E-state index in [1.54, 1.807) is 17.6 Å². The maximum atomic E-state index is 13.2. The van der Waals surface area contributed by atoms with Crippen LogP contribution in [-0.4, -0.2) is 48.1 Å². The third-order valence-corrected chi connectivity index (χ3v) is 4.60. The molecular formula is C14H15ClFN4O3SY-. The molecule has 2 atom stereocenters. The van der Waals surface area contributed by atoms with Gasteiger partial charge in [-0.25, -0.2) is 19.7 Å². The van der Waals surface area contributed by atoms with Crippen molar-refractivity contribution in [2.24, 2.45) is 0 Å². The van der Waals surface area contributed by atoms with Crippen LogP contribution in [0.3, 0.4) is 0 Å². The first kappa shape index (κ1) is 22.5. The molecule has 1 aromatic rings. The van der Waals surface area contributed by atoms with E-state index in [4.69, 9.17) is 11.6 Å². The van der Waals surface area contributed by atoms with E-state index < -0.39 is 17.9 Å². The summed E-state index contributed by atoms with van der Waals surface area (Å²) < 4.78 is 17.7. The van der Waals surface area contributed by atoms with Gasteiger partial charge in [-0.15, -0.1) is 0 Å². The largest absolute Gasteiger partial charge is 0.540 e. The topological polar surface area (TPSA) is 90.5 Å². The Labute approximate surface area is 178 Å². The predicted molar refractivity (Wildman–Crippen MR) is 89.4 cm³/mol. The zero-order chi connectivity index (χ0) is 17.7. The molecule has 2 rings (SSSR count). The molecule has 11 heteroatoms. The van der Waals surface area contributed by atoms with Gasteiger partial charge in [0.25, 0.3) is 0 Å². The SMILES string of the molecule is CN1SNC(C(=O)NC[C-]=O)CC1C(=O)Nc1ccc(F)c(Cl)c1.[Y]. The molecule has 1 aliphatic rings. The first-order valence-electron chi connectivity index (χ1n) is 6.96. The fourth-order valence-electron chi connectivity index (χ4n) is 2.11. The van der Waals surface area contributed by atoms with Crippen molar-refractivity contribution in [3.63, 3.8) is 0 Å². The van der Waals surface area contributed by atoms with Gasteiger partial charge in [0.05, 0.1) is 11.1 Å². The minimum Gasteiger partial charge on any atom is -0.540 e. The number of amides is 2. The normalized spacial score (nSPS) is 20.3. The molecule has 1 aromatic carbocycles. The summed E-state index contributed by atoms with van der Waals surface area (Å²) in [5.74, 6) is -1.32. The number of nitrogens with zero attached hydrogens (tertiary/aromatic N) is 1. The number of rotatable bonds is 5. The fourth-order valence-corrected chi connectivity index (χ4v) is 3.10. The van der Waals surface area contributed by atoms with E-state index in [0.717, 1.165) is 18.2 Å². The number of nitrogens with one attached hydrogen (secondary N) is 3. The van der Waals surface area contributed by atoms with Crippen molar-refractivity contribution >= 4 is 47.5 Å². The number of carbonyl (C=O) groups excluding carboxylic acids is 3. The number of benzene rings is 1. The second kappa shape index (κ2) is 10.5. The summed E-state index contributed by atoms with van der Waals surface area (Å²) in [7, 11) is 1.70. The van der Waals surface area contributed by atoms with Gasteiger partial charge in [-0.05, 0) is 31.7 Å². The Morgan fingerprint density at radius 2 is 2.20 bits per heavy atom. The third kappa shape index (κ3) is 6.27. The van der Waals surface area contributed by atoms with Crippen LogP contribution in [0.4, 0.5) is 10.1 Å². The van der Waals surface area contributed by atoms with Gasteiger partial charge in [0.15, 0.2) is 0 Å². The Kier molecular flexibility index (Phi) is 9.47. The zero-order valence-electron chi connectivity index (χ0n) is 13.2. The van der Waals surface area contributed by atoms with Crippen LogP contribution in [0.2, 0.25) is 5.02 Å². The van der Waals surface area contributed by atoms with Crippen molar-refractivity contribution in [2.45, 2.75) is 18.5 Å². The van der Waals surface area contributed by atoms with E-state index in [-0.39, 0.29) is 62.5 Å². The third-order valence-electron chi connectivity index (χ3n) is 3.38. The Morgan fingerprint density at radius 1 is 1.48 bits per heavy atom. The van der Waals surface area contributed by atoms with Crippen LogP contribution in [0.5, 0.6) is 0 Å². The molecule has 1 heterocycles. The van der Waals surface area contributed by atoms with Crippen molar-refractivity contribution in [3.8, 4) is 0 Å². The van der Waals surface area contributed by atoms with Crippen LogP contribution in [0.25, 0.3) is 0 Å². The minimum atomic E-state index is -0.632. The maximum absolute atomic E-state index is 13.2. The van der Waals surface area contributed by atoms with Gasteiger partial charge in [0, 0.05) is 50.5 Å². The maximum Gasteiger partial charge on any atom is 0.242 e. The van der Waals surface area contributed by atoms with E-state index in [0.29, 0.717) is 5.69 Å². The molecule has 1 saturated heterocycles. The molecule has 7 nitrogen and oxygen atoms in total. The van der Waals surface area contributed by atoms with Crippen molar-refractivity contribution in [1.29, 1.82) is 0 Å². The van der Waals surface area contributed by atoms with E-state index in [2.05, 4.69) is 15.4 Å². The van der Waals surface area contributed by atoms with Crippen molar-refractivity contribution < 1.29 is 51.5 Å². The zero-order valence-corrected chi connectivity index (χ0v) is 17.6. The van der Waals surface area contributed by atoms with Gasteiger partial charge >= 0.3 is 0 Å². The molecule has 2 amide bonds. The minimum absolute atomic E-state index is 0.